The number of piperazine rings is 1. The van der Waals surface area contributed by atoms with Crippen molar-refractivity contribution in [3.63, 3.8) is 0 Å². The van der Waals surface area contributed by atoms with Crippen LogP contribution >= 0.6 is 11.3 Å². The predicted molar refractivity (Wildman–Crippen MR) is 143 cm³/mol. The zero-order valence-electron chi connectivity index (χ0n) is 21.9. The van der Waals surface area contributed by atoms with E-state index in [0.717, 1.165) is 42.6 Å². The lowest BCUT2D eigenvalue weighted by Gasteiger charge is -2.32. The Morgan fingerprint density at radius 2 is 1.89 bits per heavy atom. The molecule has 0 unspecified atom stereocenters. The monoisotopic (exact) mass is 543 g/mol. The van der Waals surface area contributed by atoms with E-state index in [4.69, 9.17) is 9.72 Å². The van der Waals surface area contributed by atoms with Gasteiger partial charge in [-0.3, -0.25) is 14.4 Å². The minimum Gasteiger partial charge on any atom is -0.365 e. The number of benzene rings is 1. The van der Waals surface area contributed by atoms with Gasteiger partial charge in [0.05, 0.1) is 12.2 Å². The fourth-order valence-electron chi connectivity index (χ4n) is 5.29. The van der Waals surface area contributed by atoms with Gasteiger partial charge in [0.2, 0.25) is 5.91 Å². The van der Waals surface area contributed by atoms with Gasteiger partial charge in [0.15, 0.2) is 10.9 Å². The number of rotatable bonds is 7. The second kappa shape index (κ2) is 11.1. The van der Waals surface area contributed by atoms with E-state index in [1.54, 1.807) is 23.5 Å². The van der Waals surface area contributed by atoms with E-state index >= 15 is 0 Å². The number of ketones is 1. The fourth-order valence-corrected chi connectivity index (χ4v) is 6.18. The van der Waals surface area contributed by atoms with Crippen molar-refractivity contribution in [3.8, 4) is 11.3 Å². The lowest BCUT2D eigenvalue weighted by molar-refractivity contribution is -0.138. The van der Waals surface area contributed by atoms with Crippen molar-refractivity contribution in [2.24, 2.45) is 5.92 Å². The number of carbonyl (C=O) groups is 3. The number of aromatic nitrogens is 1. The maximum atomic E-state index is 14.4. The van der Waals surface area contributed by atoms with Gasteiger partial charge in [-0.1, -0.05) is 26.0 Å². The molecule has 0 radical (unpaired) electrons. The molecule has 1 aromatic heterocycles. The van der Waals surface area contributed by atoms with E-state index in [-0.39, 0.29) is 24.9 Å². The second-order valence-corrected chi connectivity index (χ2v) is 11.6. The molecule has 0 bridgehead atoms. The number of likely N-dealkylation sites (N-methyl/N-ethyl adjacent to an activating group) is 1. The molecule has 1 aromatic carbocycles. The number of carbonyl (C=O) groups excluding carboxylic acids is 3. The molecule has 38 heavy (non-hydrogen) atoms. The molecule has 3 fully saturated rings. The summed E-state index contributed by atoms with van der Waals surface area (Å²) in [5, 5.41) is 5.85. The standard InChI is InChI=1S/C27H34FN5O4S/c1-16(2)12-20(26(36)33-13-19(28)24-23(33)22(34)14-37-24)29-25(35)18-6-4-17(5-7-18)21-15-38-27(30-21)32-10-8-31(3)9-11-32/h4-7,15-16,19-20,23-24H,8-14H2,1-3H3,(H,29,35)/t19-,20-,23+,24+/m0/s1. The van der Waals surface area contributed by atoms with E-state index in [9.17, 15) is 18.8 Å². The van der Waals surface area contributed by atoms with Crippen molar-refractivity contribution < 1.29 is 23.5 Å². The molecule has 1 N–H and O–H groups in total. The Balaban J connectivity index is 1.26. The number of likely N-dealkylation sites (tertiary alicyclic amines) is 1. The minimum atomic E-state index is -1.42. The molecule has 4 atom stereocenters. The molecule has 9 nitrogen and oxygen atoms in total. The fraction of sp³-hybridized carbons (Fsp3) is 0.556. The van der Waals surface area contributed by atoms with Gasteiger partial charge in [-0.05, 0) is 31.5 Å². The molecule has 0 spiro atoms. The summed E-state index contributed by atoms with van der Waals surface area (Å²) < 4.78 is 19.7. The lowest BCUT2D eigenvalue weighted by atomic mass is 10.0. The summed E-state index contributed by atoms with van der Waals surface area (Å²) in [5.41, 5.74) is 2.18. The lowest BCUT2D eigenvalue weighted by Crippen LogP contribution is -2.52. The number of amides is 2. The first-order valence-electron chi connectivity index (χ1n) is 13.1. The molecule has 2 aromatic rings. The topological polar surface area (TPSA) is 95.1 Å². The molecule has 5 rings (SSSR count). The molecule has 11 heteroatoms. The zero-order chi connectivity index (χ0) is 27.0. The number of hydrogen-bond donors (Lipinski definition) is 1. The van der Waals surface area contributed by atoms with Gasteiger partial charge < -0.3 is 24.8 Å². The van der Waals surface area contributed by atoms with E-state index in [1.807, 2.05) is 31.4 Å². The van der Waals surface area contributed by atoms with E-state index < -0.39 is 36.2 Å². The minimum absolute atomic E-state index is 0.0980. The molecule has 0 aliphatic carbocycles. The molecule has 3 aliphatic heterocycles. The molecule has 2 amide bonds. The number of nitrogens with one attached hydrogen (secondary N) is 1. The average Bonchev–Trinajstić information content (AvgIpc) is 3.62. The highest BCUT2D eigenvalue weighted by Crippen LogP contribution is 2.31. The molecule has 204 valence electrons. The molecular formula is C27H34FN5O4S. The van der Waals surface area contributed by atoms with Gasteiger partial charge in [0.25, 0.3) is 5.91 Å². The number of thiazole rings is 1. The SMILES string of the molecule is CC(C)C[C@H](NC(=O)c1ccc(-c2csc(N3CCN(C)CC3)n2)cc1)C(=O)N1C[C@H](F)[C@H]2OCC(=O)[C@H]21. The first-order chi connectivity index (χ1) is 18.2. The summed E-state index contributed by atoms with van der Waals surface area (Å²) >= 11 is 1.61. The van der Waals surface area contributed by atoms with Gasteiger partial charge >= 0.3 is 0 Å². The summed E-state index contributed by atoms with van der Waals surface area (Å²) in [6, 6.07) is 5.35. The van der Waals surface area contributed by atoms with Crippen LogP contribution in [0.25, 0.3) is 11.3 Å². The van der Waals surface area contributed by atoms with Crippen LogP contribution < -0.4 is 10.2 Å². The normalized spacial score (nSPS) is 24.7. The van der Waals surface area contributed by atoms with Gasteiger partial charge in [-0.2, -0.15) is 0 Å². The predicted octanol–water partition coefficient (Wildman–Crippen LogP) is 2.22. The Kier molecular flexibility index (Phi) is 7.78. The quantitative estimate of drug-likeness (QED) is 0.572. The van der Waals surface area contributed by atoms with Crippen LogP contribution in [0.3, 0.4) is 0 Å². The Hall–Kier alpha value is -2.89. The third-order valence-electron chi connectivity index (χ3n) is 7.42. The summed E-state index contributed by atoms with van der Waals surface area (Å²) in [4.78, 5) is 49.4. The Morgan fingerprint density at radius 1 is 1.18 bits per heavy atom. The number of alkyl halides is 1. The van der Waals surface area contributed by atoms with E-state index in [2.05, 4.69) is 22.2 Å². The first kappa shape index (κ1) is 26.7. The van der Waals surface area contributed by atoms with Crippen LogP contribution in [0, 0.1) is 5.92 Å². The Bertz CT molecular complexity index is 1180. The third kappa shape index (κ3) is 5.45. The van der Waals surface area contributed by atoms with Crippen molar-refractivity contribution in [2.75, 3.05) is 51.3 Å². The molecular weight excluding hydrogens is 509 g/mol. The van der Waals surface area contributed by atoms with Crippen molar-refractivity contribution >= 4 is 34.1 Å². The third-order valence-corrected chi connectivity index (χ3v) is 8.33. The number of ether oxygens (including phenoxy) is 1. The van der Waals surface area contributed by atoms with Gasteiger partial charge in [0, 0.05) is 42.7 Å². The summed E-state index contributed by atoms with van der Waals surface area (Å²) in [6.45, 7) is 7.41. The van der Waals surface area contributed by atoms with Crippen LogP contribution in [0.15, 0.2) is 29.6 Å². The van der Waals surface area contributed by atoms with Crippen LogP contribution in [0.4, 0.5) is 9.52 Å². The summed E-state index contributed by atoms with van der Waals surface area (Å²) in [5.74, 6) is -1.04. The van der Waals surface area contributed by atoms with Crippen molar-refractivity contribution in [1.82, 2.24) is 20.1 Å². The van der Waals surface area contributed by atoms with Crippen molar-refractivity contribution in [2.45, 2.75) is 44.6 Å². The highest BCUT2D eigenvalue weighted by Gasteiger charge is 2.53. The largest absolute Gasteiger partial charge is 0.365 e. The van der Waals surface area contributed by atoms with Crippen LogP contribution in [0.2, 0.25) is 0 Å². The second-order valence-electron chi connectivity index (χ2n) is 10.7. The maximum Gasteiger partial charge on any atom is 0.251 e. The van der Waals surface area contributed by atoms with E-state index in [1.165, 1.54) is 4.90 Å². The molecule has 0 saturated carbocycles. The summed E-state index contributed by atoms with van der Waals surface area (Å²) in [6.07, 6.45) is -1.96. The number of halogens is 1. The van der Waals surface area contributed by atoms with Crippen LogP contribution in [0.1, 0.15) is 30.6 Å². The molecule has 3 saturated heterocycles. The van der Waals surface area contributed by atoms with Gasteiger partial charge in [0.1, 0.15) is 31.0 Å². The number of Topliss-reactive ketones (excluding diaryl/α,β-unsaturated/α-hetero) is 1. The number of hydrogen-bond acceptors (Lipinski definition) is 8. The van der Waals surface area contributed by atoms with Crippen LogP contribution in [0.5, 0.6) is 0 Å². The number of anilines is 1. The van der Waals surface area contributed by atoms with Crippen molar-refractivity contribution in [1.29, 1.82) is 0 Å². The smallest absolute Gasteiger partial charge is 0.251 e. The van der Waals surface area contributed by atoms with Crippen molar-refractivity contribution in [3.05, 3.63) is 35.2 Å². The Morgan fingerprint density at radius 3 is 2.58 bits per heavy atom. The first-order valence-corrected chi connectivity index (χ1v) is 14.0. The maximum absolute atomic E-state index is 14.4. The van der Waals surface area contributed by atoms with Crippen LogP contribution in [-0.4, -0.2) is 103 Å². The highest BCUT2D eigenvalue weighted by atomic mass is 32.1. The zero-order valence-corrected chi connectivity index (χ0v) is 22.7. The Labute approximate surface area is 225 Å². The number of nitrogens with zero attached hydrogens (tertiary/aromatic N) is 4. The highest BCUT2D eigenvalue weighted by molar-refractivity contribution is 7.14. The van der Waals surface area contributed by atoms with Gasteiger partial charge in [-0.15, -0.1) is 11.3 Å². The van der Waals surface area contributed by atoms with E-state index in [0.29, 0.717) is 12.0 Å². The molecule has 3 aliphatic rings. The van der Waals surface area contributed by atoms with Crippen LogP contribution in [-0.2, 0) is 14.3 Å². The number of fused-ring (bicyclic) bond motifs is 1. The van der Waals surface area contributed by atoms with Gasteiger partial charge in [-0.25, -0.2) is 9.37 Å². The summed E-state index contributed by atoms with van der Waals surface area (Å²) in [7, 11) is 2.12. The molecule has 4 heterocycles. The average molecular weight is 544 g/mol.